The highest BCUT2D eigenvalue weighted by Crippen LogP contribution is 2.34. The zero-order chi connectivity index (χ0) is 94.4. The van der Waals surface area contributed by atoms with Crippen molar-refractivity contribution in [2.24, 2.45) is 0 Å². The lowest BCUT2D eigenvalue weighted by Crippen LogP contribution is -2.00. The van der Waals surface area contributed by atoms with Gasteiger partial charge in [-0.25, -0.2) is 74.8 Å². The quantitative estimate of drug-likeness (QED) is 0.0886. The average Bonchev–Trinajstić information content (AvgIpc) is 0.830. The fourth-order valence-corrected chi connectivity index (χ4v) is 15.0. The minimum absolute atomic E-state index is 0.685. The van der Waals surface area contributed by atoms with E-state index >= 15 is 0 Å². The van der Waals surface area contributed by atoms with Crippen LogP contribution in [0, 0.1) is 41.5 Å². The molecule has 0 amide bonds. The molecule has 15 heteroatoms. The summed E-state index contributed by atoms with van der Waals surface area (Å²) in [4.78, 5) is 69.9. The Morgan fingerprint density at radius 3 is 0.464 bits per heavy atom. The maximum absolute atomic E-state index is 4.83. The summed E-state index contributed by atoms with van der Waals surface area (Å²) >= 11 is 0. The lowest BCUT2D eigenvalue weighted by atomic mass is 10.1. The second-order valence-electron chi connectivity index (χ2n) is 32.6. The van der Waals surface area contributed by atoms with Gasteiger partial charge in [0.05, 0.1) is 34.2 Å². The predicted molar refractivity (Wildman–Crippen MR) is 561 cm³/mol. The predicted octanol–water partition coefficient (Wildman–Crippen LogP) is 29.6. The fraction of sp³-hybridized carbons (Fsp3) is 0.0488. The van der Waals surface area contributed by atoms with Crippen molar-refractivity contribution >= 4 is 0 Å². The standard InChI is InChI=1S/2C23H18N2.2C22H17N3.C17H14N2.C16H13N3/c1-17-9-8-14-20(15-17)23-24-21(18-10-4-2-5-11-18)16-22(25-23)19-12-6-3-7-13-19;1-17-12-14-20(15-13-17)23-24-21(18-8-4-2-5-9-18)16-22(25-23)19-10-6-3-7-11-19;1-16-9-8-14-19(15-16)22-24-20(17-10-4-2-5-11-17)23-21(25-22)18-12-6-3-7-13-18;1-16-12-14-19(15-13-16)22-24-20(17-8-4-2-5-9-17)23-21(25-22)18-10-6-3-7-11-18;1-13-18-16(14-8-4-2-5-9-14)12-17(19-13)15-10-6-3-7-11-15;1-12-17-15(13-8-4-2-5-9-13)19-16(18-12)14-10-6-3-7-11-14/h2*2-16H,1H3;2*2-15H,1H3;2-12H,1H3;2-11H,1H3. The molecule has 6 heterocycles. The minimum atomic E-state index is 0.685. The molecule has 15 nitrogen and oxygen atoms in total. The molecule has 6 aromatic heterocycles. The van der Waals surface area contributed by atoms with E-state index in [-0.39, 0.29) is 0 Å². The van der Waals surface area contributed by atoms with Crippen molar-refractivity contribution < 1.29 is 0 Å². The molecule has 0 N–H and O–H groups in total. The van der Waals surface area contributed by atoms with E-state index in [1.165, 1.54) is 22.3 Å². The van der Waals surface area contributed by atoms with Crippen LogP contribution in [0.4, 0.5) is 0 Å². The highest BCUT2D eigenvalue weighted by molar-refractivity contribution is 5.76. The first-order chi connectivity index (χ1) is 67.8. The summed E-state index contributed by atoms with van der Waals surface area (Å²) in [6, 6.07) is 161. The number of benzene rings is 16. The molecule has 0 saturated heterocycles. The van der Waals surface area contributed by atoms with Crippen LogP contribution in [0.3, 0.4) is 0 Å². The molecule has 0 atom stereocenters. The molecular formula is C123H97N15. The van der Waals surface area contributed by atoms with E-state index in [1.54, 1.807) is 0 Å². The SMILES string of the molecule is Cc1ccc(-c2nc(-c3ccccc3)cc(-c3ccccc3)n2)cc1.Cc1ccc(-c2nc(-c3ccccc3)nc(-c3ccccc3)n2)cc1.Cc1cccc(-c2nc(-c3ccccc3)cc(-c3ccccc3)n2)c1.Cc1cccc(-c2nc(-c3ccccc3)nc(-c3ccccc3)n2)c1.Cc1nc(-c2ccccc2)cc(-c2ccccc2)n1.Cc1nc(-c2ccccc2)nc(-c2ccccc2)n1. The molecule has 22 aromatic rings. The lowest BCUT2D eigenvalue weighted by molar-refractivity contribution is 0.992. The van der Waals surface area contributed by atoms with E-state index in [0.717, 1.165) is 146 Å². The van der Waals surface area contributed by atoms with Gasteiger partial charge in [-0.3, -0.25) is 0 Å². The monoisotopic (exact) mass is 1780 g/mol. The first kappa shape index (κ1) is 91.7. The van der Waals surface area contributed by atoms with Gasteiger partial charge < -0.3 is 0 Å². The fourth-order valence-electron chi connectivity index (χ4n) is 15.0. The number of hydrogen-bond donors (Lipinski definition) is 0. The highest BCUT2D eigenvalue weighted by atomic mass is 15.1. The van der Waals surface area contributed by atoms with Crippen molar-refractivity contribution in [3.8, 4) is 181 Å². The summed E-state index contributed by atoms with van der Waals surface area (Å²) in [6.07, 6.45) is 0. The smallest absolute Gasteiger partial charge is 0.164 e. The molecule has 0 radical (unpaired) electrons. The molecule has 0 spiro atoms. The van der Waals surface area contributed by atoms with Crippen molar-refractivity contribution in [3.05, 3.63) is 513 Å². The third-order valence-electron chi connectivity index (χ3n) is 22.1. The van der Waals surface area contributed by atoms with E-state index in [2.05, 4.69) is 204 Å². The Kier molecular flexibility index (Phi) is 30.4. The van der Waals surface area contributed by atoms with Crippen molar-refractivity contribution in [1.82, 2.24) is 74.8 Å². The van der Waals surface area contributed by atoms with Gasteiger partial charge in [0.25, 0.3) is 0 Å². The second kappa shape index (κ2) is 45.8. The Balaban J connectivity index is 0.000000115. The molecule has 0 unspecified atom stereocenters. The van der Waals surface area contributed by atoms with Crippen LogP contribution in [0.15, 0.2) is 479 Å². The van der Waals surface area contributed by atoms with Crippen LogP contribution in [-0.2, 0) is 0 Å². The third kappa shape index (κ3) is 24.9. The average molecular weight is 1790 g/mol. The third-order valence-corrected chi connectivity index (χ3v) is 22.1. The van der Waals surface area contributed by atoms with Crippen LogP contribution >= 0.6 is 0 Å². The van der Waals surface area contributed by atoms with Gasteiger partial charge in [-0.2, -0.15) is 0 Å². The van der Waals surface area contributed by atoms with Crippen LogP contribution in [0.2, 0.25) is 0 Å². The van der Waals surface area contributed by atoms with Gasteiger partial charge in [-0.15, -0.1) is 0 Å². The number of aromatic nitrogens is 15. The first-order valence-electron chi connectivity index (χ1n) is 45.7. The van der Waals surface area contributed by atoms with Crippen LogP contribution in [0.5, 0.6) is 0 Å². The molecule has 0 fully saturated rings. The maximum atomic E-state index is 4.83. The van der Waals surface area contributed by atoms with Gasteiger partial charge in [0.2, 0.25) is 0 Å². The van der Waals surface area contributed by atoms with Crippen LogP contribution in [0.25, 0.3) is 181 Å². The van der Waals surface area contributed by atoms with Gasteiger partial charge in [-0.1, -0.05) is 471 Å². The summed E-state index contributed by atoms with van der Waals surface area (Å²) in [5, 5.41) is 0. The molecule has 16 aromatic carbocycles. The molecule has 0 aliphatic carbocycles. The van der Waals surface area contributed by atoms with Crippen LogP contribution < -0.4 is 0 Å². The zero-order valence-electron chi connectivity index (χ0n) is 77.3. The molecule has 0 saturated carbocycles. The highest BCUT2D eigenvalue weighted by Gasteiger charge is 2.18. The van der Waals surface area contributed by atoms with Crippen molar-refractivity contribution in [2.75, 3.05) is 0 Å². The largest absolute Gasteiger partial charge is 0.233 e. The van der Waals surface area contributed by atoms with Crippen LogP contribution in [-0.4, -0.2) is 74.8 Å². The van der Waals surface area contributed by atoms with E-state index in [9.17, 15) is 0 Å². The molecular weight excluding hydrogens is 1690 g/mol. The lowest BCUT2D eigenvalue weighted by Gasteiger charge is -2.09. The number of hydrogen-bond acceptors (Lipinski definition) is 15. The summed E-state index contributed by atoms with van der Waals surface area (Å²) in [7, 11) is 0. The number of aryl methyl sites for hydroxylation is 6. The Bertz CT molecular complexity index is 6860. The van der Waals surface area contributed by atoms with Crippen LogP contribution in [0.1, 0.15) is 33.9 Å². The van der Waals surface area contributed by atoms with E-state index < -0.39 is 0 Å². The van der Waals surface area contributed by atoms with E-state index in [4.69, 9.17) is 49.8 Å². The first-order valence-corrected chi connectivity index (χ1v) is 45.7. The molecule has 0 aliphatic rings. The van der Waals surface area contributed by atoms with Gasteiger partial charge >= 0.3 is 0 Å². The number of nitrogens with zero attached hydrogens (tertiary/aromatic N) is 15. The Morgan fingerprint density at radius 1 is 0.101 bits per heavy atom. The molecule has 22 rings (SSSR count). The van der Waals surface area contributed by atoms with Gasteiger partial charge in [0.1, 0.15) is 11.6 Å². The van der Waals surface area contributed by atoms with E-state index in [1.807, 2.05) is 341 Å². The minimum Gasteiger partial charge on any atom is -0.233 e. The van der Waals surface area contributed by atoms with Gasteiger partial charge in [-0.05, 0) is 71.9 Å². The van der Waals surface area contributed by atoms with Crippen molar-refractivity contribution in [1.29, 1.82) is 0 Å². The summed E-state index contributed by atoms with van der Waals surface area (Å²) in [5.41, 5.74) is 27.1. The van der Waals surface area contributed by atoms with Gasteiger partial charge in [0.15, 0.2) is 58.2 Å². The normalized spacial score (nSPS) is 10.5. The summed E-state index contributed by atoms with van der Waals surface area (Å²) in [6.45, 7) is 12.1. The van der Waals surface area contributed by atoms with Crippen molar-refractivity contribution in [2.45, 2.75) is 41.5 Å². The topological polar surface area (TPSA) is 193 Å². The second-order valence-corrected chi connectivity index (χ2v) is 32.6. The molecule has 0 aliphatic heterocycles. The summed E-state index contributed by atoms with van der Waals surface area (Å²) in [5.74, 6) is 8.58. The van der Waals surface area contributed by atoms with Crippen molar-refractivity contribution in [3.63, 3.8) is 0 Å². The van der Waals surface area contributed by atoms with E-state index in [0.29, 0.717) is 46.6 Å². The molecule has 0 bridgehead atoms. The number of rotatable bonds is 16. The molecule has 138 heavy (non-hydrogen) atoms. The van der Waals surface area contributed by atoms with Gasteiger partial charge in [0, 0.05) is 89.0 Å². The Hall–Kier alpha value is -18.2. The zero-order valence-corrected chi connectivity index (χ0v) is 77.3. The Labute approximate surface area is 805 Å². The maximum Gasteiger partial charge on any atom is 0.164 e. The molecule has 664 valence electrons. The summed E-state index contributed by atoms with van der Waals surface area (Å²) < 4.78 is 0. The Morgan fingerprint density at radius 2 is 0.254 bits per heavy atom.